The molecule has 0 amide bonds. The molecule has 20 heavy (non-hydrogen) atoms. The topological polar surface area (TPSA) is 38.5 Å². The van der Waals surface area contributed by atoms with Gasteiger partial charge >= 0.3 is 0 Å². The van der Waals surface area contributed by atoms with E-state index in [1.165, 1.54) is 31.2 Å². The monoisotopic (exact) mass is 274 g/mol. The van der Waals surface area contributed by atoms with Crippen molar-refractivity contribution in [1.82, 2.24) is 4.90 Å². The van der Waals surface area contributed by atoms with Gasteiger partial charge in [-0.25, -0.2) is 0 Å². The lowest BCUT2D eigenvalue weighted by Gasteiger charge is -2.48. The largest absolute Gasteiger partial charge is 0.375 e. The van der Waals surface area contributed by atoms with Gasteiger partial charge in [-0.05, 0) is 25.3 Å². The molecule has 3 nitrogen and oxygen atoms in total. The van der Waals surface area contributed by atoms with Crippen LogP contribution in [0.5, 0.6) is 0 Å². The zero-order valence-electron chi connectivity index (χ0n) is 12.4. The smallest absolute Gasteiger partial charge is 0.0731 e. The van der Waals surface area contributed by atoms with Crippen LogP contribution in [0.15, 0.2) is 30.3 Å². The first-order chi connectivity index (χ1) is 9.77. The highest BCUT2D eigenvalue weighted by atomic mass is 16.5. The van der Waals surface area contributed by atoms with Crippen LogP contribution < -0.4 is 5.73 Å². The summed E-state index contributed by atoms with van der Waals surface area (Å²) in [6.45, 7) is 3.98. The molecule has 1 saturated heterocycles. The van der Waals surface area contributed by atoms with E-state index < -0.39 is 0 Å². The highest BCUT2D eigenvalue weighted by Gasteiger charge is 2.39. The van der Waals surface area contributed by atoms with Crippen LogP contribution in [0.4, 0.5) is 0 Å². The molecule has 1 saturated carbocycles. The van der Waals surface area contributed by atoms with Crippen molar-refractivity contribution in [3.63, 3.8) is 0 Å². The van der Waals surface area contributed by atoms with E-state index >= 15 is 0 Å². The Morgan fingerprint density at radius 1 is 1.20 bits per heavy atom. The van der Waals surface area contributed by atoms with E-state index in [9.17, 15) is 0 Å². The first-order valence-electron chi connectivity index (χ1n) is 7.95. The molecule has 1 aromatic rings. The molecule has 0 aromatic heterocycles. The fourth-order valence-corrected chi connectivity index (χ4v) is 3.92. The molecule has 1 aliphatic carbocycles. The summed E-state index contributed by atoms with van der Waals surface area (Å²) in [6.07, 6.45) is 5.51. The van der Waals surface area contributed by atoms with E-state index in [-0.39, 0.29) is 6.04 Å². The van der Waals surface area contributed by atoms with E-state index in [4.69, 9.17) is 10.5 Å². The fraction of sp³-hybridized carbons (Fsp3) is 0.647. The van der Waals surface area contributed by atoms with Gasteiger partial charge in [0.05, 0.1) is 18.8 Å². The van der Waals surface area contributed by atoms with Crippen LogP contribution in [0.2, 0.25) is 0 Å². The number of nitrogens with two attached hydrogens (primary N) is 1. The maximum Gasteiger partial charge on any atom is 0.0731 e. The van der Waals surface area contributed by atoms with E-state index in [1.54, 1.807) is 0 Å². The van der Waals surface area contributed by atoms with Crippen LogP contribution in [0, 0.1) is 0 Å². The van der Waals surface area contributed by atoms with Gasteiger partial charge < -0.3 is 10.5 Å². The molecular formula is C17H26N2O. The molecule has 0 spiro atoms. The van der Waals surface area contributed by atoms with Crippen LogP contribution in [-0.4, -0.2) is 36.2 Å². The van der Waals surface area contributed by atoms with Gasteiger partial charge in [0.15, 0.2) is 0 Å². The number of benzene rings is 1. The third kappa shape index (κ3) is 2.76. The third-order valence-corrected chi connectivity index (χ3v) is 4.77. The molecule has 2 aliphatic rings. The van der Waals surface area contributed by atoms with Gasteiger partial charge in [0.1, 0.15) is 0 Å². The summed E-state index contributed by atoms with van der Waals surface area (Å²) in [6, 6.07) is 11.7. The van der Waals surface area contributed by atoms with Gasteiger partial charge in [-0.2, -0.15) is 0 Å². The van der Waals surface area contributed by atoms with Crippen molar-refractivity contribution < 1.29 is 4.74 Å². The summed E-state index contributed by atoms with van der Waals surface area (Å²) in [5.74, 6) is 0. The van der Waals surface area contributed by atoms with Crippen LogP contribution in [-0.2, 0) is 4.74 Å². The van der Waals surface area contributed by atoms with Crippen molar-refractivity contribution in [3.8, 4) is 0 Å². The van der Waals surface area contributed by atoms with Crippen molar-refractivity contribution in [2.24, 2.45) is 5.73 Å². The van der Waals surface area contributed by atoms with Crippen molar-refractivity contribution in [3.05, 3.63) is 35.9 Å². The van der Waals surface area contributed by atoms with Crippen LogP contribution >= 0.6 is 0 Å². The zero-order chi connectivity index (χ0) is 13.9. The average molecular weight is 274 g/mol. The van der Waals surface area contributed by atoms with E-state index in [0.717, 1.165) is 13.2 Å². The van der Waals surface area contributed by atoms with Gasteiger partial charge in [-0.15, -0.1) is 0 Å². The van der Waals surface area contributed by atoms with Crippen molar-refractivity contribution in [2.75, 3.05) is 13.2 Å². The second-order valence-electron chi connectivity index (χ2n) is 6.21. The van der Waals surface area contributed by atoms with Gasteiger partial charge in [0, 0.05) is 18.6 Å². The minimum absolute atomic E-state index is 0.137. The summed E-state index contributed by atoms with van der Waals surface area (Å²) in [7, 11) is 0. The minimum Gasteiger partial charge on any atom is -0.375 e. The molecule has 2 fully saturated rings. The Kier molecular flexibility index (Phi) is 4.39. The molecule has 1 aromatic carbocycles. The Balaban J connectivity index is 1.86. The van der Waals surface area contributed by atoms with Crippen LogP contribution in [0.1, 0.15) is 44.2 Å². The van der Waals surface area contributed by atoms with Gasteiger partial charge in [0.25, 0.3) is 0 Å². The summed E-state index contributed by atoms with van der Waals surface area (Å²) in [5, 5.41) is 0. The maximum absolute atomic E-state index is 6.34. The SMILES string of the molecule is CC(N)C(c1ccccc1)N1CCOC2CCCCC21. The Bertz CT molecular complexity index is 418. The second kappa shape index (κ2) is 6.25. The lowest BCUT2D eigenvalue weighted by atomic mass is 9.87. The number of hydrogen-bond donors (Lipinski definition) is 1. The Morgan fingerprint density at radius 2 is 1.95 bits per heavy atom. The molecule has 0 bridgehead atoms. The summed E-state index contributed by atoms with van der Waals surface area (Å²) in [5.41, 5.74) is 7.68. The molecule has 1 heterocycles. The van der Waals surface area contributed by atoms with Crippen molar-refractivity contribution in [1.29, 1.82) is 0 Å². The van der Waals surface area contributed by atoms with Crippen molar-refractivity contribution >= 4 is 0 Å². The lowest BCUT2D eigenvalue weighted by Crippen LogP contribution is -2.56. The van der Waals surface area contributed by atoms with Crippen molar-refractivity contribution in [2.45, 2.75) is 56.8 Å². The fourth-order valence-electron chi connectivity index (χ4n) is 3.92. The quantitative estimate of drug-likeness (QED) is 0.921. The molecule has 3 rings (SSSR count). The average Bonchev–Trinajstić information content (AvgIpc) is 2.48. The number of nitrogens with zero attached hydrogens (tertiary/aromatic N) is 1. The maximum atomic E-state index is 6.34. The summed E-state index contributed by atoms with van der Waals surface area (Å²) in [4.78, 5) is 2.62. The predicted molar refractivity (Wildman–Crippen MR) is 81.5 cm³/mol. The Labute approximate surface area is 122 Å². The number of ether oxygens (including phenoxy) is 1. The Hall–Kier alpha value is -0.900. The van der Waals surface area contributed by atoms with E-state index in [1.807, 2.05) is 0 Å². The molecule has 3 heteroatoms. The van der Waals surface area contributed by atoms with E-state index in [2.05, 4.69) is 42.2 Å². The molecule has 4 unspecified atom stereocenters. The molecule has 4 atom stereocenters. The molecule has 110 valence electrons. The molecular weight excluding hydrogens is 248 g/mol. The minimum atomic E-state index is 0.137. The normalized spacial score (nSPS) is 30.5. The Morgan fingerprint density at radius 3 is 2.70 bits per heavy atom. The zero-order valence-corrected chi connectivity index (χ0v) is 12.4. The first kappa shape index (κ1) is 14.1. The van der Waals surface area contributed by atoms with Crippen LogP contribution in [0.25, 0.3) is 0 Å². The van der Waals surface area contributed by atoms with Gasteiger partial charge in [0.2, 0.25) is 0 Å². The number of hydrogen-bond acceptors (Lipinski definition) is 3. The van der Waals surface area contributed by atoms with Crippen LogP contribution in [0.3, 0.4) is 0 Å². The standard InChI is InChI=1S/C17H26N2O/c1-13(18)17(14-7-3-2-4-8-14)19-11-12-20-16-10-6-5-9-15(16)19/h2-4,7-8,13,15-17H,5-6,9-12,18H2,1H3. The highest BCUT2D eigenvalue weighted by molar-refractivity contribution is 5.21. The second-order valence-corrected chi connectivity index (χ2v) is 6.21. The summed E-state index contributed by atoms with van der Waals surface area (Å²) >= 11 is 0. The third-order valence-electron chi connectivity index (χ3n) is 4.77. The number of fused-ring (bicyclic) bond motifs is 1. The predicted octanol–water partition coefficient (Wildman–Crippen LogP) is 2.72. The van der Waals surface area contributed by atoms with Gasteiger partial charge in [-0.3, -0.25) is 4.90 Å². The molecule has 1 aliphatic heterocycles. The highest BCUT2D eigenvalue weighted by Crippen LogP contribution is 2.35. The van der Waals surface area contributed by atoms with Gasteiger partial charge in [-0.1, -0.05) is 43.2 Å². The molecule has 2 N–H and O–H groups in total. The number of rotatable bonds is 3. The summed E-state index contributed by atoms with van der Waals surface area (Å²) < 4.78 is 6.00. The number of morpholine rings is 1. The lowest BCUT2D eigenvalue weighted by molar-refractivity contribution is -0.106. The van der Waals surface area contributed by atoms with E-state index in [0.29, 0.717) is 18.2 Å². The first-order valence-corrected chi connectivity index (χ1v) is 7.95. The molecule has 0 radical (unpaired) electrons.